The standard InChI is InChI=1S/C19H16O2/c1-14-6-9-16(10-7-14)18(20)11-8-15-12-17-4-2-3-5-19(17)21-13-15/h2-12H,13H2,1H3/b11-8+. The summed E-state index contributed by atoms with van der Waals surface area (Å²) in [5.74, 6) is 0.897. The minimum Gasteiger partial charge on any atom is -0.488 e. The number of ether oxygens (including phenoxy) is 1. The maximum absolute atomic E-state index is 12.1. The number of benzene rings is 2. The summed E-state index contributed by atoms with van der Waals surface area (Å²) in [5, 5.41) is 0. The Morgan fingerprint density at radius 3 is 2.67 bits per heavy atom. The average Bonchev–Trinajstić information content (AvgIpc) is 2.53. The SMILES string of the molecule is Cc1ccc(C(=O)/C=C/C2=Cc3ccccc3OC2)cc1. The van der Waals surface area contributed by atoms with Crippen LogP contribution in [0, 0.1) is 6.92 Å². The first-order valence-electron chi connectivity index (χ1n) is 6.94. The summed E-state index contributed by atoms with van der Waals surface area (Å²) in [6.45, 7) is 2.50. The summed E-state index contributed by atoms with van der Waals surface area (Å²) < 4.78 is 5.66. The number of para-hydroxylation sites is 1. The lowest BCUT2D eigenvalue weighted by molar-refractivity contribution is 0.104. The van der Waals surface area contributed by atoms with Gasteiger partial charge in [-0.1, -0.05) is 54.1 Å². The van der Waals surface area contributed by atoms with E-state index in [2.05, 4.69) is 6.08 Å². The van der Waals surface area contributed by atoms with Crippen LogP contribution in [0.2, 0.25) is 0 Å². The minimum atomic E-state index is 0.00904. The van der Waals surface area contributed by atoms with Gasteiger partial charge in [0.05, 0.1) is 0 Å². The molecular formula is C19H16O2. The van der Waals surface area contributed by atoms with Crippen LogP contribution in [0.3, 0.4) is 0 Å². The zero-order valence-electron chi connectivity index (χ0n) is 11.9. The Labute approximate surface area is 124 Å². The van der Waals surface area contributed by atoms with Gasteiger partial charge in [0, 0.05) is 11.1 Å². The molecule has 21 heavy (non-hydrogen) atoms. The second-order valence-electron chi connectivity index (χ2n) is 5.11. The molecule has 0 spiro atoms. The Morgan fingerprint density at radius 1 is 1.10 bits per heavy atom. The number of allylic oxidation sites excluding steroid dienone is 1. The Balaban J connectivity index is 1.76. The van der Waals surface area contributed by atoms with E-state index >= 15 is 0 Å². The first-order valence-corrected chi connectivity index (χ1v) is 6.94. The lowest BCUT2D eigenvalue weighted by Gasteiger charge is -2.15. The third kappa shape index (κ3) is 3.11. The highest BCUT2D eigenvalue weighted by atomic mass is 16.5. The molecule has 0 saturated heterocycles. The van der Waals surface area contributed by atoms with Gasteiger partial charge in [0.15, 0.2) is 5.78 Å². The molecule has 1 aliphatic heterocycles. The summed E-state index contributed by atoms with van der Waals surface area (Å²) in [6, 6.07) is 15.5. The first kappa shape index (κ1) is 13.4. The Bertz CT molecular complexity index is 721. The number of rotatable bonds is 3. The molecule has 104 valence electrons. The van der Waals surface area contributed by atoms with Gasteiger partial charge in [0.25, 0.3) is 0 Å². The molecule has 1 aliphatic rings. The van der Waals surface area contributed by atoms with Crippen molar-refractivity contribution in [2.24, 2.45) is 0 Å². The molecule has 0 fully saturated rings. The van der Waals surface area contributed by atoms with E-state index in [0.717, 1.165) is 22.4 Å². The van der Waals surface area contributed by atoms with Crippen LogP contribution in [0.15, 0.2) is 66.3 Å². The zero-order valence-corrected chi connectivity index (χ0v) is 11.9. The molecule has 0 saturated carbocycles. The summed E-state index contributed by atoms with van der Waals surface area (Å²) in [4.78, 5) is 12.1. The third-order valence-electron chi connectivity index (χ3n) is 3.44. The van der Waals surface area contributed by atoms with Crippen LogP contribution in [-0.4, -0.2) is 12.4 Å². The fourth-order valence-electron chi connectivity index (χ4n) is 2.23. The molecule has 2 heteroatoms. The highest BCUT2D eigenvalue weighted by Gasteiger charge is 2.09. The maximum atomic E-state index is 12.1. The Morgan fingerprint density at radius 2 is 1.86 bits per heavy atom. The van der Waals surface area contributed by atoms with E-state index in [1.54, 1.807) is 6.08 Å². The minimum absolute atomic E-state index is 0.00904. The predicted molar refractivity (Wildman–Crippen MR) is 84.6 cm³/mol. The highest BCUT2D eigenvalue weighted by Crippen LogP contribution is 2.26. The molecule has 2 aromatic carbocycles. The van der Waals surface area contributed by atoms with Gasteiger partial charge in [-0.15, -0.1) is 0 Å². The monoisotopic (exact) mass is 276 g/mol. The molecule has 0 N–H and O–H groups in total. The summed E-state index contributed by atoms with van der Waals surface area (Å²) in [7, 11) is 0. The van der Waals surface area contributed by atoms with E-state index in [-0.39, 0.29) is 5.78 Å². The quantitative estimate of drug-likeness (QED) is 0.620. The number of hydrogen-bond donors (Lipinski definition) is 0. The van der Waals surface area contributed by atoms with Crippen LogP contribution in [0.25, 0.3) is 6.08 Å². The van der Waals surface area contributed by atoms with E-state index in [9.17, 15) is 4.79 Å². The van der Waals surface area contributed by atoms with Gasteiger partial charge in [-0.3, -0.25) is 4.79 Å². The van der Waals surface area contributed by atoms with Gasteiger partial charge in [0.2, 0.25) is 0 Å². The van der Waals surface area contributed by atoms with Crippen molar-refractivity contribution in [3.05, 3.63) is 82.9 Å². The van der Waals surface area contributed by atoms with Crippen molar-refractivity contribution in [1.29, 1.82) is 0 Å². The largest absolute Gasteiger partial charge is 0.488 e. The molecule has 0 aromatic heterocycles. The van der Waals surface area contributed by atoms with Crippen molar-refractivity contribution in [3.63, 3.8) is 0 Å². The summed E-state index contributed by atoms with van der Waals surface area (Å²) in [6.07, 6.45) is 5.49. The fraction of sp³-hybridized carbons (Fsp3) is 0.105. The number of hydrogen-bond acceptors (Lipinski definition) is 2. The number of aryl methyl sites for hydroxylation is 1. The molecule has 2 nitrogen and oxygen atoms in total. The summed E-state index contributed by atoms with van der Waals surface area (Å²) >= 11 is 0. The van der Waals surface area contributed by atoms with Crippen LogP contribution in [0.1, 0.15) is 21.5 Å². The molecule has 2 aromatic rings. The van der Waals surface area contributed by atoms with Crippen molar-refractivity contribution in [3.8, 4) is 5.75 Å². The Hall–Kier alpha value is -2.61. The number of ketones is 1. The first-order chi connectivity index (χ1) is 10.2. The number of carbonyl (C=O) groups excluding carboxylic acids is 1. The number of carbonyl (C=O) groups is 1. The number of fused-ring (bicyclic) bond motifs is 1. The molecule has 0 bridgehead atoms. The van der Waals surface area contributed by atoms with Crippen molar-refractivity contribution in [1.82, 2.24) is 0 Å². The maximum Gasteiger partial charge on any atom is 0.185 e. The fourth-order valence-corrected chi connectivity index (χ4v) is 2.23. The molecule has 0 amide bonds. The van der Waals surface area contributed by atoms with Crippen molar-refractivity contribution < 1.29 is 9.53 Å². The molecular weight excluding hydrogens is 260 g/mol. The van der Waals surface area contributed by atoms with Gasteiger partial charge < -0.3 is 4.74 Å². The van der Waals surface area contributed by atoms with Gasteiger partial charge in [-0.05, 0) is 30.7 Å². The van der Waals surface area contributed by atoms with E-state index in [1.165, 1.54) is 0 Å². The third-order valence-corrected chi connectivity index (χ3v) is 3.44. The van der Waals surface area contributed by atoms with Gasteiger partial charge >= 0.3 is 0 Å². The molecule has 0 radical (unpaired) electrons. The van der Waals surface area contributed by atoms with E-state index in [4.69, 9.17) is 4.74 Å². The predicted octanol–water partition coefficient (Wildman–Crippen LogP) is 4.21. The van der Waals surface area contributed by atoms with E-state index in [1.807, 2.05) is 61.5 Å². The van der Waals surface area contributed by atoms with Crippen LogP contribution < -0.4 is 4.74 Å². The van der Waals surface area contributed by atoms with Crippen molar-refractivity contribution in [2.75, 3.05) is 6.61 Å². The lowest BCUT2D eigenvalue weighted by Crippen LogP contribution is -2.06. The second kappa shape index (κ2) is 5.80. The van der Waals surface area contributed by atoms with Crippen molar-refractivity contribution >= 4 is 11.9 Å². The smallest absolute Gasteiger partial charge is 0.185 e. The van der Waals surface area contributed by atoms with Crippen LogP contribution in [0.5, 0.6) is 5.75 Å². The molecule has 1 heterocycles. The zero-order chi connectivity index (χ0) is 14.7. The molecule has 0 unspecified atom stereocenters. The Kier molecular flexibility index (Phi) is 3.69. The average molecular weight is 276 g/mol. The van der Waals surface area contributed by atoms with Crippen molar-refractivity contribution in [2.45, 2.75) is 6.92 Å². The molecule has 3 rings (SSSR count). The van der Waals surface area contributed by atoms with Gasteiger partial charge in [-0.2, -0.15) is 0 Å². The van der Waals surface area contributed by atoms with Gasteiger partial charge in [-0.25, -0.2) is 0 Å². The second-order valence-corrected chi connectivity index (χ2v) is 5.11. The highest BCUT2D eigenvalue weighted by molar-refractivity contribution is 6.04. The summed E-state index contributed by atoms with van der Waals surface area (Å²) in [5.41, 5.74) is 3.89. The van der Waals surface area contributed by atoms with Crippen LogP contribution in [0.4, 0.5) is 0 Å². The van der Waals surface area contributed by atoms with Crippen LogP contribution in [-0.2, 0) is 0 Å². The van der Waals surface area contributed by atoms with E-state index < -0.39 is 0 Å². The van der Waals surface area contributed by atoms with E-state index in [0.29, 0.717) is 12.2 Å². The normalized spacial score (nSPS) is 13.5. The topological polar surface area (TPSA) is 26.3 Å². The lowest BCUT2D eigenvalue weighted by atomic mass is 10.0. The molecule has 0 aliphatic carbocycles. The molecule has 0 atom stereocenters. The van der Waals surface area contributed by atoms with Gasteiger partial charge in [0.1, 0.15) is 12.4 Å². The van der Waals surface area contributed by atoms with Crippen LogP contribution >= 0.6 is 0 Å².